The van der Waals surface area contributed by atoms with Crippen molar-refractivity contribution in [3.8, 4) is 5.75 Å². The number of β-amino-alcohol motifs (C(OH)–C–C–N with tert-alkyl or cyclic N) is 1. The maximum atomic E-state index is 14.3. The molecule has 4 aliphatic heterocycles. The van der Waals surface area contributed by atoms with Gasteiger partial charge in [0.25, 0.3) is 5.91 Å². The Morgan fingerprint density at radius 1 is 1.00 bits per heavy atom. The van der Waals surface area contributed by atoms with E-state index in [0.717, 1.165) is 11.4 Å². The van der Waals surface area contributed by atoms with Gasteiger partial charge in [-0.1, -0.05) is 48.0 Å². The summed E-state index contributed by atoms with van der Waals surface area (Å²) in [5.74, 6) is -1.42. The van der Waals surface area contributed by atoms with Gasteiger partial charge in [0.2, 0.25) is 11.8 Å². The van der Waals surface area contributed by atoms with Gasteiger partial charge in [0.1, 0.15) is 11.8 Å². The van der Waals surface area contributed by atoms with Crippen LogP contribution in [0.15, 0.2) is 72.8 Å². The SMILES string of the molecule is CCOc1ccc(N2CC=C[C@H]3S[C@]45C=CCN(c6ccccc6Cl)C(=O)C4N(CCO)C(=O)[C@@H]5[C@H]3C2=O)cc1. The average molecular weight is 580 g/mol. The Balaban J connectivity index is 1.40. The molecule has 40 heavy (non-hydrogen) atoms. The molecule has 0 bridgehead atoms. The van der Waals surface area contributed by atoms with Crippen LogP contribution in [0.2, 0.25) is 5.02 Å². The Bertz CT molecular complexity index is 1400. The van der Waals surface area contributed by atoms with E-state index in [0.29, 0.717) is 23.9 Å². The number of rotatable bonds is 6. The molecule has 8 nitrogen and oxygen atoms in total. The maximum absolute atomic E-state index is 14.3. The number of carbonyl (C=O) groups excluding carboxylic acids is 3. The first kappa shape index (κ1) is 26.9. The van der Waals surface area contributed by atoms with Gasteiger partial charge in [-0.15, -0.1) is 11.8 Å². The van der Waals surface area contributed by atoms with Gasteiger partial charge in [-0.25, -0.2) is 0 Å². The summed E-state index contributed by atoms with van der Waals surface area (Å²) >= 11 is 7.99. The van der Waals surface area contributed by atoms with E-state index in [2.05, 4.69) is 0 Å². The summed E-state index contributed by atoms with van der Waals surface area (Å²) in [6, 6.07) is 13.6. The molecule has 0 saturated carbocycles. The fraction of sp³-hybridized carbons (Fsp3) is 0.367. The lowest BCUT2D eigenvalue weighted by Crippen LogP contribution is -2.53. The van der Waals surface area contributed by atoms with Crippen LogP contribution in [0.25, 0.3) is 0 Å². The number of nitrogens with zero attached hydrogens (tertiary/aromatic N) is 3. The normalized spacial score (nSPS) is 29.3. The molecule has 0 aliphatic carbocycles. The number of fused-ring (bicyclic) bond motifs is 2. The molecular weight excluding hydrogens is 550 g/mol. The molecule has 1 spiro atoms. The van der Waals surface area contributed by atoms with Gasteiger partial charge in [0, 0.05) is 30.6 Å². The van der Waals surface area contributed by atoms with Gasteiger partial charge < -0.3 is 24.5 Å². The summed E-state index contributed by atoms with van der Waals surface area (Å²) in [7, 11) is 0. The number of thioether (sulfide) groups is 1. The molecule has 6 rings (SSSR count). The lowest BCUT2D eigenvalue weighted by molar-refractivity contribution is -0.139. The third kappa shape index (κ3) is 4.14. The molecule has 0 aromatic heterocycles. The summed E-state index contributed by atoms with van der Waals surface area (Å²) in [4.78, 5) is 47.4. The molecule has 208 valence electrons. The second-order valence-electron chi connectivity index (χ2n) is 10.2. The van der Waals surface area contributed by atoms with Crippen molar-refractivity contribution < 1.29 is 24.2 Å². The number of halogens is 1. The molecule has 2 fully saturated rings. The minimum atomic E-state index is -0.962. The molecule has 0 radical (unpaired) electrons. The monoisotopic (exact) mass is 579 g/mol. The Hall–Kier alpha value is -3.27. The summed E-state index contributed by atoms with van der Waals surface area (Å²) < 4.78 is 4.60. The zero-order valence-electron chi connectivity index (χ0n) is 22.0. The number of hydrogen-bond donors (Lipinski definition) is 1. The summed E-state index contributed by atoms with van der Waals surface area (Å²) in [5.41, 5.74) is 1.28. The number of carbonyl (C=O) groups is 3. The fourth-order valence-electron chi connectivity index (χ4n) is 6.49. The van der Waals surface area contributed by atoms with E-state index in [1.807, 2.05) is 61.6 Å². The third-order valence-corrected chi connectivity index (χ3v) is 10.2. The highest BCUT2D eigenvalue weighted by Gasteiger charge is 2.71. The lowest BCUT2D eigenvalue weighted by Gasteiger charge is -2.35. The first-order chi connectivity index (χ1) is 19.4. The van der Waals surface area contributed by atoms with Crippen LogP contribution in [-0.2, 0) is 14.4 Å². The third-order valence-electron chi connectivity index (χ3n) is 8.10. The van der Waals surface area contributed by atoms with Gasteiger partial charge in [0.05, 0.1) is 40.5 Å². The second-order valence-corrected chi connectivity index (χ2v) is 12.1. The van der Waals surface area contributed by atoms with Gasteiger partial charge in [-0.2, -0.15) is 0 Å². The molecular formula is C30H30ClN3O5S. The number of hydrogen-bond acceptors (Lipinski definition) is 6. The van der Waals surface area contributed by atoms with Crippen LogP contribution >= 0.6 is 23.4 Å². The Kier molecular flexibility index (Phi) is 7.14. The van der Waals surface area contributed by atoms with Crippen LogP contribution in [0.3, 0.4) is 0 Å². The largest absolute Gasteiger partial charge is 0.494 e. The van der Waals surface area contributed by atoms with Gasteiger partial charge in [0.15, 0.2) is 0 Å². The molecule has 3 amide bonds. The molecule has 10 heteroatoms. The zero-order chi connectivity index (χ0) is 28.0. The highest BCUT2D eigenvalue weighted by atomic mass is 35.5. The molecule has 1 unspecified atom stereocenters. The van der Waals surface area contributed by atoms with Crippen LogP contribution in [0.4, 0.5) is 11.4 Å². The number of para-hydroxylation sites is 1. The molecule has 4 heterocycles. The predicted molar refractivity (Wildman–Crippen MR) is 156 cm³/mol. The highest BCUT2D eigenvalue weighted by Crippen LogP contribution is 2.61. The predicted octanol–water partition coefficient (Wildman–Crippen LogP) is 3.53. The summed E-state index contributed by atoms with van der Waals surface area (Å²) in [6.45, 7) is 2.83. The molecule has 1 N–H and O–H groups in total. The van der Waals surface area contributed by atoms with E-state index in [1.165, 1.54) is 16.7 Å². The summed E-state index contributed by atoms with van der Waals surface area (Å²) in [6.07, 6.45) is 7.83. The number of likely N-dealkylation sites (tertiary alicyclic amines) is 1. The maximum Gasteiger partial charge on any atom is 0.251 e. The number of amides is 3. The minimum absolute atomic E-state index is 0.00226. The zero-order valence-corrected chi connectivity index (χ0v) is 23.6. The van der Waals surface area contributed by atoms with Crippen molar-refractivity contribution in [1.29, 1.82) is 0 Å². The van der Waals surface area contributed by atoms with Crippen molar-refractivity contribution in [2.75, 3.05) is 42.6 Å². The van der Waals surface area contributed by atoms with E-state index < -0.39 is 22.6 Å². The van der Waals surface area contributed by atoms with Crippen LogP contribution in [-0.4, -0.2) is 76.6 Å². The number of aliphatic hydroxyl groups excluding tert-OH is 1. The fourth-order valence-corrected chi connectivity index (χ4v) is 8.74. The molecule has 5 atom stereocenters. The second kappa shape index (κ2) is 10.6. The summed E-state index contributed by atoms with van der Waals surface area (Å²) in [5, 5.41) is 10.1. The molecule has 2 aromatic carbocycles. The van der Waals surface area contributed by atoms with Crippen LogP contribution in [0, 0.1) is 11.8 Å². The standard InChI is InChI=1S/C30H30ClN3O5S/c1-2-39-20-12-10-19(11-13-20)32-15-5-9-23-24(27(32)36)25-28(37)34(17-18-35)26-29(38)33(16-6-14-30(25,26)40-23)22-8-4-3-7-21(22)31/h3-14,23-26,35H,2,15-18H2,1H3/t23-,24+,25+,26?,30+/m1/s1. The Morgan fingerprint density at radius 2 is 1.75 bits per heavy atom. The van der Waals surface area contributed by atoms with Crippen molar-refractivity contribution in [2.24, 2.45) is 11.8 Å². The van der Waals surface area contributed by atoms with E-state index in [1.54, 1.807) is 28.0 Å². The van der Waals surface area contributed by atoms with Gasteiger partial charge >= 0.3 is 0 Å². The Morgan fingerprint density at radius 3 is 2.48 bits per heavy atom. The van der Waals surface area contributed by atoms with Crippen molar-refractivity contribution in [3.05, 3.63) is 77.9 Å². The average Bonchev–Trinajstić information content (AvgIpc) is 3.25. The van der Waals surface area contributed by atoms with E-state index in [9.17, 15) is 19.5 Å². The first-order valence-electron chi connectivity index (χ1n) is 13.4. The first-order valence-corrected chi connectivity index (χ1v) is 14.7. The van der Waals surface area contributed by atoms with Crippen LogP contribution in [0.5, 0.6) is 5.75 Å². The highest BCUT2D eigenvalue weighted by molar-refractivity contribution is 8.02. The van der Waals surface area contributed by atoms with E-state index >= 15 is 0 Å². The quantitative estimate of drug-likeness (QED) is 0.527. The lowest BCUT2D eigenvalue weighted by atomic mass is 9.78. The molecule has 4 aliphatic rings. The van der Waals surface area contributed by atoms with Crippen molar-refractivity contribution in [3.63, 3.8) is 0 Å². The topological polar surface area (TPSA) is 90.4 Å². The number of aliphatic hydroxyl groups is 1. The van der Waals surface area contributed by atoms with Crippen LogP contribution < -0.4 is 14.5 Å². The number of ether oxygens (including phenoxy) is 1. The van der Waals surface area contributed by atoms with Crippen molar-refractivity contribution in [1.82, 2.24) is 4.90 Å². The smallest absolute Gasteiger partial charge is 0.251 e. The van der Waals surface area contributed by atoms with Crippen LogP contribution in [0.1, 0.15) is 6.92 Å². The van der Waals surface area contributed by atoms with Gasteiger partial charge in [-0.05, 0) is 43.3 Å². The number of anilines is 2. The van der Waals surface area contributed by atoms with E-state index in [4.69, 9.17) is 16.3 Å². The molecule has 2 saturated heterocycles. The number of benzene rings is 2. The minimum Gasteiger partial charge on any atom is -0.494 e. The van der Waals surface area contributed by atoms with Gasteiger partial charge in [-0.3, -0.25) is 14.4 Å². The van der Waals surface area contributed by atoms with E-state index in [-0.39, 0.29) is 42.7 Å². The molecule has 2 aromatic rings. The Labute approximate surface area is 242 Å². The van der Waals surface area contributed by atoms with Crippen molar-refractivity contribution >= 4 is 52.5 Å². The van der Waals surface area contributed by atoms with Crippen molar-refractivity contribution in [2.45, 2.75) is 23.0 Å².